The molecule has 2 heterocycles. The van der Waals surface area contributed by atoms with Crippen molar-refractivity contribution in [2.24, 2.45) is 0 Å². The normalized spacial score (nSPS) is 16.6. The van der Waals surface area contributed by atoms with Gasteiger partial charge in [0, 0.05) is 26.2 Å². The van der Waals surface area contributed by atoms with E-state index >= 15 is 0 Å². The zero-order valence-corrected chi connectivity index (χ0v) is 18.2. The second-order valence-electron chi connectivity index (χ2n) is 7.96. The number of oxazole rings is 1. The van der Waals surface area contributed by atoms with Crippen LogP contribution in [0, 0.1) is 27.7 Å². The molecule has 0 atom stereocenters. The van der Waals surface area contributed by atoms with Crippen molar-refractivity contribution >= 4 is 21.1 Å². The fourth-order valence-electron chi connectivity index (χ4n) is 3.82. The van der Waals surface area contributed by atoms with Crippen LogP contribution in [-0.4, -0.2) is 48.8 Å². The lowest BCUT2D eigenvalue weighted by molar-refractivity contribution is 0.169. The van der Waals surface area contributed by atoms with Crippen LogP contribution in [0.1, 0.15) is 28.1 Å². The number of hydrogen-bond donors (Lipinski definition) is 0. The van der Waals surface area contributed by atoms with Gasteiger partial charge < -0.3 is 4.42 Å². The zero-order chi connectivity index (χ0) is 20.8. The van der Waals surface area contributed by atoms with Crippen LogP contribution in [0.2, 0.25) is 0 Å². The van der Waals surface area contributed by atoms with Gasteiger partial charge in [0.2, 0.25) is 15.9 Å². The Morgan fingerprint density at radius 2 is 1.62 bits per heavy atom. The molecule has 0 amide bonds. The highest BCUT2D eigenvalue weighted by molar-refractivity contribution is 7.89. The summed E-state index contributed by atoms with van der Waals surface area (Å²) in [6, 6.07) is 9.73. The molecule has 0 bridgehead atoms. The lowest BCUT2D eigenvalue weighted by Crippen LogP contribution is -2.48. The standard InChI is InChI=1S/C22H27N3O3S/c1-15-5-6-19-20(11-15)28-22(23-19)14-24-7-9-25(10-8-24)29(26,27)21-13-17(3)16(2)12-18(21)4/h5-6,11-13H,7-10,14H2,1-4H3. The molecule has 1 fully saturated rings. The highest BCUT2D eigenvalue weighted by atomic mass is 32.2. The number of rotatable bonds is 4. The Hall–Kier alpha value is -2.22. The number of aromatic nitrogens is 1. The molecule has 7 heteroatoms. The maximum absolute atomic E-state index is 13.2. The summed E-state index contributed by atoms with van der Waals surface area (Å²) in [5, 5.41) is 0. The van der Waals surface area contributed by atoms with Crippen LogP contribution in [0.25, 0.3) is 11.1 Å². The molecular weight excluding hydrogens is 386 g/mol. The van der Waals surface area contributed by atoms with Crippen LogP contribution in [0.4, 0.5) is 0 Å². The third-order valence-corrected chi connectivity index (χ3v) is 7.73. The minimum absolute atomic E-state index is 0.420. The highest BCUT2D eigenvalue weighted by Crippen LogP contribution is 2.25. The third kappa shape index (κ3) is 3.95. The van der Waals surface area contributed by atoms with Gasteiger partial charge in [-0.1, -0.05) is 12.1 Å². The molecule has 1 aliphatic rings. The lowest BCUT2D eigenvalue weighted by Gasteiger charge is -2.33. The van der Waals surface area contributed by atoms with E-state index in [9.17, 15) is 8.42 Å². The van der Waals surface area contributed by atoms with Gasteiger partial charge in [-0.25, -0.2) is 13.4 Å². The van der Waals surface area contributed by atoms with E-state index in [0.29, 0.717) is 43.5 Å². The number of aryl methyl sites for hydroxylation is 4. The zero-order valence-electron chi connectivity index (χ0n) is 17.4. The van der Waals surface area contributed by atoms with E-state index in [-0.39, 0.29) is 0 Å². The van der Waals surface area contributed by atoms with E-state index in [2.05, 4.69) is 9.88 Å². The van der Waals surface area contributed by atoms with Gasteiger partial charge in [0.05, 0.1) is 11.4 Å². The van der Waals surface area contributed by atoms with Crippen molar-refractivity contribution in [2.45, 2.75) is 39.1 Å². The molecule has 0 saturated carbocycles. The lowest BCUT2D eigenvalue weighted by atomic mass is 10.1. The van der Waals surface area contributed by atoms with Gasteiger partial charge in [0.25, 0.3) is 0 Å². The average molecular weight is 414 g/mol. The number of benzene rings is 2. The van der Waals surface area contributed by atoms with Gasteiger partial charge in [-0.15, -0.1) is 0 Å². The molecule has 6 nitrogen and oxygen atoms in total. The molecule has 0 N–H and O–H groups in total. The molecule has 2 aromatic carbocycles. The fraction of sp³-hybridized carbons (Fsp3) is 0.409. The van der Waals surface area contributed by atoms with Crippen molar-refractivity contribution < 1.29 is 12.8 Å². The Kier molecular flexibility index (Phi) is 5.23. The summed E-state index contributed by atoms with van der Waals surface area (Å²) >= 11 is 0. The van der Waals surface area contributed by atoms with E-state index in [0.717, 1.165) is 33.4 Å². The van der Waals surface area contributed by atoms with Crippen LogP contribution in [0.15, 0.2) is 39.6 Å². The Morgan fingerprint density at radius 1 is 0.931 bits per heavy atom. The SMILES string of the molecule is Cc1ccc2nc(CN3CCN(S(=O)(=O)c4cc(C)c(C)cc4C)CC3)oc2c1. The molecule has 1 saturated heterocycles. The minimum Gasteiger partial charge on any atom is -0.439 e. The van der Waals surface area contributed by atoms with E-state index in [1.54, 1.807) is 10.4 Å². The summed E-state index contributed by atoms with van der Waals surface area (Å²) in [5.74, 6) is 0.673. The first kappa shape index (κ1) is 20.1. The van der Waals surface area contributed by atoms with Gasteiger partial charge in [-0.3, -0.25) is 4.90 Å². The molecule has 4 rings (SSSR count). The number of fused-ring (bicyclic) bond motifs is 1. The Bertz CT molecular complexity index is 1160. The van der Waals surface area contributed by atoms with Crippen LogP contribution >= 0.6 is 0 Å². The van der Waals surface area contributed by atoms with Gasteiger partial charge in [-0.05, 0) is 68.1 Å². The Morgan fingerprint density at radius 3 is 2.34 bits per heavy atom. The van der Waals surface area contributed by atoms with Crippen LogP contribution in [-0.2, 0) is 16.6 Å². The van der Waals surface area contributed by atoms with Crippen molar-refractivity contribution in [1.82, 2.24) is 14.2 Å². The summed E-state index contributed by atoms with van der Waals surface area (Å²) in [6.45, 7) is 10.7. The van der Waals surface area contributed by atoms with E-state index < -0.39 is 10.0 Å². The summed E-state index contributed by atoms with van der Waals surface area (Å²) in [5.41, 5.74) is 5.71. The van der Waals surface area contributed by atoms with Crippen LogP contribution < -0.4 is 0 Å². The van der Waals surface area contributed by atoms with E-state index in [1.807, 2.05) is 52.0 Å². The van der Waals surface area contributed by atoms with Gasteiger partial charge >= 0.3 is 0 Å². The number of piperazine rings is 1. The molecular formula is C22H27N3O3S. The number of nitrogens with zero attached hydrogens (tertiary/aromatic N) is 3. The van der Waals surface area contributed by atoms with Crippen molar-refractivity contribution in [3.8, 4) is 0 Å². The largest absolute Gasteiger partial charge is 0.439 e. The van der Waals surface area contributed by atoms with Crippen LogP contribution in [0.5, 0.6) is 0 Å². The van der Waals surface area contributed by atoms with Gasteiger partial charge in [0.15, 0.2) is 5.58 Å². The monoisotopic (exact) mass is 413 g/mol. The highest BCUT2D eigenvalue weighted by Gasteiger charge is 2.30. The molecule has 29 heavy (non-hydrogen) atoms. The molecule has 0 radical (unpaired) electrons. The first-order valence-corrected chi connectivity index (χ1v) is 11.3. The smallest absolute Gasteiger partial charge is 0.243 e. The second-order valence-corrected chi connectivity index (χ2v) is 9.87. The third-order valence-electron chi connectivity index (χ3n) is 5.69. The van der Waals surface area contributed by atoms with E-state index in [1.165, 1.54) is 0 Å². The van der Waals surface area contributed by atoms with Crippen molar-refractivity contribution in [3.63, 3.8) is 0 Å². The summed E-state index contributed by atoms with van der Waals surface area (Å²) < 4.78 is 33.8. The first-order valence-electron chi connectivity index (χ1n) is 9.90. The van der Waals surface area contributed by atoms with Crippen molar-refractivity contribution in [3.05, 3.63) is 58.5 Å². The fourth-order valence-corrected chi connectivity index (χ4v) is 5.53. The molecule has 0 aliphatic carbocycles. The minimum atomic E-state index is -3.49. The maximum Gasteiger partial charge on any atom is 0.243 e. The molecule has 154 valence electrons. The second kappa shape index (κ2) is 7.55. The number of hydrogen-bond acceptors (Lipinski definition) is 5. The maximum atomic E-state index is 13.2. The van der Waals surface area contributed by atoms with Gasteiger partial charge in [0.1, 0.15) is 5.52 Å². The molecule has 0 unspecified atom stereocenters. The van der Waals surface area contributed by atoms with E-state index in [4.69, 9.17) is 4.42 Å². The predicted octanol–water partition coefficient (Wildman–Crippen LogP) is 3.57. The predicted molar refractivity (Wildman–Crippen MR) is 113 cm³/mol. The van der Waals surface area contributed by atoms with Crippen molar-refractivity contribution in [1.29, 1.82) is 0 Å². The molecule has 3 aromatic rings. The molecule has 1 aliphatic heterocycles. The summed E-state index contributed by atoms with van der Waals surface area (Å²) in [6.07, 6.45) is 0. The molecule has 0 spiro atoms. The first-order chi connectivity index (χ1) is 13.7. The topological polar surface area (TPSA) is 66.7 Å². The average Bonchev–Trinajstić information content (AvgIpc) is 3.06. The van der Waals surface area contributed by atoms with Crippen molar-refractivity contribution in [2.75, 3.05) is 26.2 Å². The summed E-state index contributed by atoms with van der Waals surface area (Å²) in [4.78, 5) is 7.16. The Balaban J connectivity index is 1.45. The number of sulfonamides is 1. The Labute approximate surface area is 172 Å². The quantitative estimate of drug-likeness (QED) is 0.654. The summed E-state index contributed by atoms with van der Waals surface area (Å²) in [7, 11) is -3.49. The van der Waals surface area contributed by atoms with Crippen LogP contribution in [0.3, 0.4) is 0 Å². The molecule has 1 aromatic heterocycles. The van der Waals surface area contributed by atoms with Gasteiger partial charge in [-0.2, -0.15) is 4.31 Å².